The van der Waals surface area contributed by atoms with E-state index in [1.807, 2.05) is 0 Å². The van der Waals surface area contributed by atoms with Crippen molar-refractivity contribution < 1.29 is 0 Å². The number of thiocarbonyl (C=S) groups is 1. The van der Waals surface area contributed by atoms with Crippen LogP contribution in [0.1, 0.15) is 43.7 Å². The van der Waals surface area contributed by atoms with Crippen LogP contribution in [-0.4, -0.2) is 5.11 Å². The summed E-state index contributed by atoms with van der Waals surface area (Å²) < 4.78 is 1.13. The van der Waals surface area contributed by atoms with Crippen molar-refractivity contribution in [1.29, 1.82) is 0 Å². The molecule has 0 heterocycles. The Labute approximate surface area is 163 Å². The van der Waals surface area contributed by atoms with Gasteiger partial charge in [-0.1, -0.05) is 54.4 Å². The highest BCUT2D eigenvalue weighted by atomic mass is 79.9. The molecule has 2 aromatic carbocycles. The van der Waals surface area contributed by atoms with Crippen molar-refractivity contribution in [3.63, 3.8) is 0 Å². The lowest BCUT2D eigenvalue weighted by molar-refractivity contribution is 0.702. The predicted octanol–water partition coefficient (Wildman–Crippen LogP) is 6.40. The molecule has 0 aromatic heterocycles. The zero-order chi connectivity index (χ0) is 17.8. The first-order chi connectivity index (χ1) is 12.1. The Morgan fingerprint density at radius 2 is 1.84 bits per heavy atom. The number of nitrogens with one attached hydrogen (secondary N) is 2. The highest BCUT2D eigenvalue weighted by molar-refractivity contribution is 9.10. The van der Waals surface area contributed by atoms with Gasteiger partial charge in [-0.2, -0.15) is 0 Å². The molecular formula is C21H23BrN2S. The van der Waals surface area contributed by atoms with E-state index in [0.717, 1.165) is 35.1 Å². The number of halogens is 1. The van der Waals surface area contributed by atoms with Gasteiger partial charge in [0.1, 0.15) is 0 Å². The number of fused-ring (bicyclic) bond motifs is 3. The van der Waals surface area contributed by atoms with E-state index >= 15 is 0 Å². The molecule has 3 rings (SSSR count). The van der Waals surface area contributed by atoms with Gasteiger partial charge >= 0.3 is 0 Å². The number of anilines is 1. The maximum absolute atomic E-state index is 5.42. The molecule has 0 spiro atoms. The SMILES string of the molecule is C=C(CCCCC)NC(=S)Nc1ccc2c(c1)Cc1cc(Br)ccc1-2. The largest absolute Gasteiger partial charge is 0.337 e. The summed E-state index contributed by atoms with van der Waals surface area (Å²) in [6.07, 6.45) is 5.51. The fraction of sp³-hybridized carbons (Fsp3) is 0.286. The Morgan fingerprint density at radius 1 is 1.12 bits per heavy atom. The van der Waals surface area contributed by atoms with Gasteiger partial charge in [0.2, 0.25) is 0 Å². The van der Waals surface area contributed by atoms with Crippen molar-refractivity contribution in [2.75, 3.05) is 5.32 Å². The van der Waals surface area contributed by atoms with Crippen LogP contribution >= 0.6 is 28.1 Å². The van der Waals surface area contributed by atoms with Crippen molar-refractivity contribution in [3.8, 4) is 11.1 Å². The van der Waals surface area contributed by atoms with Crippen molar-refractivity contribution in [1.82, 2.24) is 5.32 Å². The van der Waals surface area contributed by atoms with Gasteiger partial charge in [0, 0.05) is 15.9 Å². The van der Waals surface area contributed by atoms with E-state index in [9.17, 15) is 0 Å². The maximum atomic E-state index is 5.42. The molecule has 0 radical (unpaired) electrons. The molecule has 1 aliphatic rings. The number of rotatable bonds is 6. The summed E-state index contributed by atoms with van der Waals surface area (Å²) in [7, 11) is 0. The normalized spacial score (nSPS) is 11.6. The van der Waals surface area contributed by atoms with E-state index in [4.69, 9.17) is 12.2 Å². The molecule has 0 saturated carbocycles. The highest BCUT2D eigenvalue weighted by Gasteiger charge is 2.18. The maximum Gasteiger partial charge on any atom is 0.174 e. The fourth-order valence-corrected chi connectivity index (χ4v) is 3.90. The average Bonchev–Trinajstić information content (AvgIpc) is 2.91. The molecule has 0 fully saturated rings. The number of unbranched alkanes of at least 4 members (excludes halogenated alkanes) is 2. The van der Waals surface area contributed by atoms with Crippen LogP contribution in [0.25, 0.3) is 11.1 Å². The Kier molecular flexibility index (Phi) is 5.92. The van der Waals surface area contributed by atoms with Crippen LogP contribution in [0.4, 0.5) is 5.69 Å². The second-order valence-corrected chi connectivity index (χ2v) is 7.81. The fourth-order valence-electron chi connectivity index (χ4n) is 3.23. The first kappa shape index (κ1) is 18.2. The second kappa shape index (κ2) is 8.15. The molecule has 0 atom stereocenters. The molecule has 2 aromatic rings. The van der Waals surface area contributed by atoms with E-state index in [2.05, 4.69) is 76.5 Å². The molecule has 2 N–H and O–H groups in total. The summed E-state index contributed by atoms with van der Waals surface area (Å²) in [6, 6.07) is 12.9. The summed E-state index contributed by atoms with van der Waals surface area (Å²) in [5, 5.41) is 7.09. The van der Waals surface area contributed by atoms with Crippen LogP contribution in [0.15, 0.2) is 53.1 Å². The van der Waals surface area contributed by atoms with E-state index in [1.165, 1.54) is 35.1 Å². The molecule has 0 saturated heterocycles. The quantitative estimate of drug-likeness (QED) is 0.360. The van der Waals surface area contributed by atoms with Crippen molar-refractivity contribution >= 4 is 38.9 Å². The first-order valence-corrected chi connectivity index (χ1v) is 9.94. The van der Waals surface area contributed by atoms with Crippen molar-refractivity contribution in [2.24, 2.45) is 0 Å². The Hall–Kier alpha value is -1.65. The first-order valence-electron chi connectivity index (χ1n) is 8.74. The minimum absolute atomic E-state index is 0.611. The molecule has 25 heavy (non-hydrogen) atoms. The summed E-state index contributed by atoms with van der Waals surface area (Å²) in [6.45, 7) is 6.26. The second-order valence-electron chi connectivity index (χ2n) is 6.49. The lowest BCUT2D eigenvalue weighted by atomic mass is 10.1. The Bertz CT molecular complexity index is 814. The smallest absolute Gasteiger partial charge is 0.174 e. The molecule has 0 bridgehead atoms. The van der Waals surface area contributed by atoms with Crippen LogP contribution < -0.4 is 10.6 Å². The topological polar surface area (TPSA) is 24.1 Å². The van der Waals surface area contributed by atoms with E-state index in [0.29, 0.717) is 5.11 Å². The van der Waals surface area contributed by atoms with E-state index in [-0.39, 0.29) is 0 Å². The number of benzene rings is 2. The zero-order valence-electron chi connectivity index (χ0n) is 14.5. The molecule has 0 unspecified atom stereocenters. The van der Waals surface area contributed by atoms with Crippen molar-refractivity contribution in [3.05, 3.63) is 64.3 Å². The summed E-state index contributed by atoms with van der Waals surface area (Å²) in [4.78, 5) is 0. The van der Waals surface area contributed by atoms with Gasteiger partial charge in [-0.05, 0) is 78.0 Å². The summed E-state index contributed by atoms with van der Waals surface area (Å²) >= 11 is 8.97. The van der Waals surface area contributed by atoms with Gasteiger partial charge in [0.25, 0.3) is 0 Å². The van der Waals surface area contributed by atoms with Gasteiger partial charge < -0.3 is 10.6 Å². The molecular weight excluding hydrogens is 392 g/mol. The molecule has 0 amide bonds. The van der Waals surface area contributed by atoms with Crippen LogP contribution in [0.3, 0.4) is 0 Å². The minimum Gasteiger partial charge on any atom is -0.337 e. The summed E-state index contributed by atoms with van der Waals surface area (Å²) in [5.41, 5.74) is 7.34. The van der Waals surface area contributed by atoms with Crippen molar-refractivity contribution in [2.45, 2.75) is 39.0 Å². The predicted molar refractivity (Wildman–Crippen MR) is 115 cm³/mol. The number of hydrogen-bond donors (Lipinski definition) is 2. The molecule has 1 aliphatic carbocycles. The van der Waals surface area contributed by atoms with Gasteiger partial charge in [-0.25, -0.2) is 0 Å². The monoisotopic (exact) mass is 414 g/mol. The van der Waals surface area contributed by atoms with Gasteiger partial charge in [0.05, 0.1) is 0 Å². The minimum atomic E-state index is 0.611. The van der Waals surface area contributed by atoms with Gasteiger partial charge in [0.15, 0.2) is 5.11 Å². The van der Waals surface area contributed by atoms with Crippen LogP contribution in [-0.2, 0) is 6.42 Å². The van der Waals surface area contributed by atoms with Crippen LogP contribution in [0.2, 0.25) is 0 Å². The third-order valence-corrected chi connectivity index (χ3v) is 5.17. The number of hydrogen-bond acceptors (Lipinski definition) is 1. The van der Waals surface area contributed by atoms with Crippen LogP contribution in [0, 0.1) is 0 Å². The number of allylic oxidation sites excluding steroid dienone is 1. The lowest BCUT2D eigenvalue weighted by Gasteiger charge is -2.13. The third kappa shape index (κ3) is 4.50. The molecule has 0 aliphatic heterocycles. The Morgan fingerprint density at radius 3 is 2.60 bits per heavy atom. The summed E-state index contributed by atoms with van der Waals surface area (Å²) in [5.74, 6) is 0. The Balaban J connectivity index is 1.62. The standard InChI is InChI=1S/C21H23BrN2S/c1-3-4-5-6-14(2)23-21(25)24-18-8-10-20-16(13-18)11-15-12-17(22)7-9-19(15)20/h7-10,12-13H,2-6,11H2,1H3,(H2,23,24,25). The molecule has 2 nitrogen and oxygen atoms in total. The van der Waals surface area contributed by atoms with E-state index < -0.39 is 0 Å². The van der Waals surface area contributed by atoms with Gasteiger partial charge in [-0.3, -0.25) is 0 Å². The average molecular weight is 415 g/mol. The van der Waals surface area contributed by atoms with E-state index in [1.54, 1.807) is 0 Å². The highest BCUT2D eigenvalue weighted by Crippen LogP contribution is 2.38. The third-order valence-electron chi connectivity index (χ3n) is 4.47. The molecule has 4 heteroatoms. The van der Waals surface area contributed by atoms with Crippen LogP contribution in [0.5, 0.6) is 0 Å². The van der Waals surface area contributed by atoms with Gasteiger partial charge in [-0.15, -0.1) is 0 Å². The molecule has 130 valence electrons. The lowest BCUT2D eigenvalue weighted by Crippen LogP contribution is -2.27. The zero-order valence-corrected chi connectivity index (χ0v) is 16.9.